The third-order valence-electron chi connectivity index (χ3n) is 3.82. The van der Waals surface area contributed by atoms with Crippen molar-refractivity contribution < 1.29 is 4.39 Å². The van der Waals surface area contributed by atoms with Crippen LogP contribution < -0.4 is 10.2 Å². The van der Waals surface area contributed by atoms with Gasteiger partial charge in [0.15, 0.2) is 0 Å². The maximum absolute atomic E-state index is 13.1. The molecule has 1 fully saturated rings. The zero-order valence-electron chi connectivity index (χ0n) is 11.8. The van der Waals surface area contributed by atoms with Gasteiger partial charge < -0.3 is 10.2 Å². The topological polar surface area (TPSA) is 15.3 Å². The highest BCUT2D eigenvalue weighted by molar-refractivity contribution is 14.1. The summed E-state index contributed by atoms with van der Waals surface area (Å²) in [5.41, 5.74) is 3.52. The number of benzene rings is 2. The van der Waals surface area contributed by atoms with E-state index in [1.807, 2.05) is 0 Å². The predicted molar refractivity (Wildman–Crippen MR) is 94.3 cm³/mol. The summed E-state index contributed by atoms with van der Waals surface area (Å²) < 4.78 is 14.0. The molecule has 1 saturated heterocycles. The summed E-state index contributed by atoms with van der Waals surface area (Å²) in [5.74, 6) is -0.195. The van der Waals surface area contributed by atoms with Crippen LogP contribution in [0.2, 0.25) is 0 Å². The molecule has 0 saturated carbocycles. The molecule has 0 bridgehead atoms. The van der Waals surface area contributed by atoms with Gasteiger partial charge in [0.25, 0.3) is 0 Å². The van der Waals surface area contributed by atoms with E-state index in [1.54, 1.807) is 12.1 Å². The van der Waals surface area contributed by atoms with E-state index in [-0.39, 0.29) is 5.82 Å². The lowest BCUT2D eigenvalue weighted by molar-refractivity contribution is 0.627. The van der Waals surface area contributed by atoms with Crippen molar-refractivity contribution in [1.29, 1.82) is 0 Å². The van der Waals surface area contributed by atoms with Crippen LogP contribution in [0, 0.1) is 9.39 Å². The molecular weight excluding hydrogens is 378 g/mol. The third kappa shape index (κ3) is 3.67. The van der Waals surface area contributed by atoms with Crippen LogP contribution in [0.3, 0.4) is 0 Å². The molecule has 1 aliphatic rings. The Morgan fingerprint density at radius 2 is 1.76 bits per heavy atom. The largest absolute Gasteiger partial charge is 0.380 e. The number of nitrogens with one attached hydrogen (secondary N) is 1. The van der Waals surface area contributed by atoms with Gasteiger partial charge in [-0.25, -0.2) is 4.39 Å². The normalized spacial score (nSPS) is 14.5. The van der Waals surface area contributed by atoms with E-state index in [0.717, 1.165) is 15.8 Å². The Kier molecular flexibility index (Phi) is 4.63. The number of hydrogen-bond acceptors (Lipinski definition) is 2. The van der Waals surface area contributed by atoms with Gasteiger partial charge in [-0.05, 0) is 71.3 Å². The van der Waals surface area contributed by atoms with Crippen molar-refractivity contribution in [3.63, 3.8) is 0 Å². The molecule has 1 heterocycles. The second kappa shape index (κ2) is 6.64. The summed E-state index contributed by atoms with van der Waals surface area (Å²) in [7, 11) is 0. The van der Waals surface area contributed by atoms with Gasteiger partial charge in [0.1, 0.15) is 5.82 Å². The van der Waals surface area contributed by atoms with Crippen molar-refractivity contribution in [3.8, 4) is 0 Å². The quantitative estimate of drug-likeness (QED) is 0.758. The molecule has 1 N–H and O–H groups in total. The lowest BCUT2D eigenvalue weighted by atomic mass is 10.2. The van der Waals surface area contributed by atoms with Gasteiger partial charge in [-0.1, -0.05) is 12.1 Å². The summed E-state index contributed by atoms with van der Waals surface area (Å²) in [6.07, 6.45) is 2.60. The minimum atomic E-state index is -0.195. The standard InChI is InChI=1S/C17H18FIN2/c18-14-5-8-17(16(19)11-14)20-12-13-3-6-15(7-4-13)21-9-1-2-10-21/h3-8,11,20H,1-2,9-10,12H2. The minimum Gasteiger partial charge on any atom is -0.380 e. The molecule has 0 unspecified atom stereocenters. The number of rotatable bonds is 4. The van der Waals surface area contributed by atoms with Gasteiger partial charge >= 0.3 is 0 Å². The van der Waals surface area contributed by atoms with E-state index in [9.17, 15) is 4.39 Å². The van der Waals surface area contributed by atoms with Gasteiger partial charge in [0.05, 0.1) is 0 Å². The molecule has 1 aliphatic heterocycles. The first-order valence-electron chi connectivity index (χ1n) is 7.25. The Morgan fingerprint density at radius 3 is 2.43 bits per heavy atom. The van der Waals surface area contributed by atoms with E-state index in [1.165, 1.54) is 43.2 Å². The van der Waals surface area contributed by atoms with Crippen molar-refractivity contribution in [3.05, 3.63) is 57.4 Å². The second-order valence-corrected chi connectivity index (χ2v) is 6.50. The van der Waals surface area contributed by atoms with Gasteiger partial charge in [0.2, 0.25) is 0 Å². The van der Waals surface area contributed by atoms with Crippen molar-refractivity contribution >= 4 is 34.0 Å². The third-order valence-corrected chi connectivity index (χ3v) is 4.71. The molecule has 4 heteroatoms. The highest BCUT2D eigenvalue weighted by Crippen LogP contribution is 2.22. The van der Waals surface area contributed by atoms with Crippen LogP contribution in [0.1, 0.15) is 18.4 Å². The summed E-state index contributed by atoms with van der Waals surface area (Å²) in [6, 6.07) is 13.5. The molecule has 2 aromatic carbocycles. The fourth-order valence-corrected chi connectivity index (χ4v) is 3.30. The Balaban J connectivity index is 1.62. The lowest BCUT2D eigenvalue weighted by Crippen LogP contribution is -2.17. The molecule has 0 radical (unpaired) electrons. The van der Waals surface area contributed by atoms with E-state index in [4.69, 9.17) is 0 Å². The van der Waals surface area contributed by atoms with Crippen LogP contribution in [0.5, 0.6) is 0 Å². The van der Waals surface area contributed by atoms with Crippen LogP contribution in [-0.4, -0.2) is 13.1 Å². The smallest absolute Gasteiger partial charge is 0.124 e. The fraction of sp³-hybridized carbons (Fsp3) is 0.294. The van der Waals surface area contributed by atoms with Crippen LogP contribution in [0.25, 0.3) is 0 Å². The van der Waals surface area contributed by atoms with Crippen LogP contribution in [0.4, 0.5) is 15.8 Å². The molecule has 0 atom stereocenters. The number of halogens is 2. The first-order valence-corrected chi connectivity index (χ1v) is 8.33. The average molecular weight is 396 g/mol. The second-order valence-electron chi connectivity index (χ2n) is 5.34. The molecule has 110 valence electrons. The summed E-state index contributed by atoms with van der Waals surface area (Å²) in [5, 5.41) is 3.36. The summed E-state index contributed by atoms with van der Waals surface area (Å²) in [4.78, 5) is 2.43. The van der Waals surface area contributed by atoms with E-state index < -0.39 is 0 Å². The molecule has 0 amide bonds. The fourth-order valence-electron chi connectivity index (χ4n) is 2.63. The van der Waals surface area contributed by atoms with Gasteiger partial charge in [-0.3, -0.25) is 0 Å². The number of anilines is 2. The minimum absolute atomic E-state index is 0.195. The maximum atomic E-state index is 13.1. The predicted octanol–water partition coefficient (Wildman–Crippen LogP) is 4.64. The molecule has 3 rings (SSSR count). The zero-order chi connectivity index (χ0) is 14.7. The SMILES string of the molecule is Fc1ccc(NCc2ccc(N3CCCC3)cc2)c(I)c1. The van der Waals surface area contributed by atoms with Crippen LogP contribution >= 0.6 is 22.6 Å². The zero-order valence-corrected chi connectivity index (χ0v) is 13.9. The monoisotopic (exact) mass is 396 g/mol. The highest BCUT2D eigenvalue weighted by Gasteiger charge is 2.11. The van der Waals surface area contributed by atoms with Crippen LogP contribution in [0.15, 0.2) is 42.5 Å². The molecule has 21 heavy (non-hydrogen) atoms. The molecule has 0 spiro atoms. The molecule has 0 aliphatic carbocycles. The number of nitrogens with zero attached hydrogens (tertiary/aromatic N) is 1. The Bertz CT molecular complexity index is 607. The van der Waals surface area contributed by atoms with E-state index in [2.05, 4.69) is 57.1 Å². The molecule has 2 nitrogen and oxygen atoms in total. The lowest BCUT2D eigenvalue weighted by Gasteiger charge is -2.18. The maximum Gasteiger partial charge on any atom is 0.124 e. The van der Waals surface area contributed by atoms with Crippen molar-refractivity contribution in [2.24, 2.45) is 0 Å². The van der Waals surface area contributed by atoms with Crippen molar-refractivity contribution in [2.45, 2.75) is 19.4 Å². The Labute approximate surface area is 138 Å². The molecule has 0 aromatic heterocycles. The van der Waals surface area contributed by atoms with Gasteiger partial charge in [0, 0.05) is 34.6 Å². The van der Waals surface area contributed by atoms with Crippen LogP contribution in [-0.2, 0) is 6.54 Å². The Hall–Kier alpha value is -1.30. The van der Waals surface area contributed by atoms with Gasteiger partial charge in [-0.15, -0.1) is 0 Å². The first-order chi connectivity index (χ1) is 10.2. The Morgan fingerprint density at radius 1 is 1.05 bits per heavy atom. The average Bonchev–Trinajstić information content (AvgIpc) is 3.01. The number of hydrogen-bond donors (Lipinski definition) is 1. The van der Waals surface area contributed by atoms with Crippen molar-refractivity contribution in [2.75, 3.05) is 23.3 Å². The van der Waals surface area contributed by atoms with E-state index in [0.29, 0.717) is 0 Å². The molecular formula is C17H18FIN2. The summed E-state index contributed by atoms with van der Waals surface area (Å²) >= 11 is 2.15. The first kappa shape index (κ1) is 14.6. The van der Waals surface area contributed by atoms with E-state index >= 15 is 0 Å². The molecule has 2 aromatic rings. The van der Waals surface area contributed by atoms with Gasteiger partial charge in [-0.2, -0.15) is 0 Å². The highest BCUT2D eigenvalue weighted by atomic mass is 127. The summed E-state index contributed by atoms with van der Waals surface area (Å²) in [6.45, 7) is 3.10. The van der Waals surface area contributed by atoms with Crippen molar-refractivity contribution in [1.82, 2.24) is 0 Å².